The highest BCUT2D eigenvalue weighted by molar-refractivity contribution is 5.92. The Balaban J connectivity index is 1.40. The Morgan fingerprint density at radius 1 is 0.889 bits per heavy atom. The second-order valence-electron chi connectivity index (χ2n) is 7.07. The molecule has 1 aliphatic carbocycles. The zero-order valence-electron chi connectivity index (χ0n) is 15.3. The van der Waals surface area contributed by atoms with Crippen LogP contribution in [0.25, 0.3) is 0 Å². The van der Waals surface area contributed by atoms with Gasteiger partial charge in [0.1, 0.15) is 5.82 Å². The van der Waals surface area contributed by atoms with Crippen LogP contribution in [0.2, 0.25) is 0 Å². The van der Waals surface area contributed by atoms with Crippen molar-refractivity contribution in [2.45, 2.75) is 32.1 Å². The zero-order chi connectivity index (χ0) is 19.1. The highest BCUT2D eigenvalue weighted by Gasteiger charge is 2.29. The highest BCUT2D eigenvalue weighted by atomic mass is 19.1. The molecule has 0 spiro atoms. The van der Waals surface area contributed by atoms with Crippen molar-refractivity contribution < 1.29 is 14.0 Å². The Hall–Kier alpha value is -2.69. The van der Waals surface area contributed by atoms with Gasteiger partial charge >= 0.3 is 0 Å². The number of nitrogens with one attached hydrogen (secondary N) is 2. The molecule has 2 N–H and O–H groups in total. The van der Waals surface area contributed by atoms with Crippen molar-refractivity contribution in [1.29, 1.82) is 0 Å². The normalized spacial score (nSPS) is 19.3. The molecular weight excluding hydrogens is 343 g/mol. The molecule has 2 aromatic carbocycles. The van der Waals surface area contributed by atoms with E-state index in [1.807, 2.05) is 18.2 Å². The summed E-state index contributed by atoms with van der Waals surface area (Å²) in [6.07, 6.45) is 3.59. The van der Waals surface area contributed by atoms with Crippen LogP contribution in [-0.2, 0) is 16.0 Å². The third kappa shape index (κ3) is 5.64. The first kappa shape index (κ1) is 19.1. The van der Waals surface area contributed by atoms with E-state index in [0.29, 0.717) is 37.9 Å². The maximum Gasteiger partial charge on any atom is 0.227 e. The molecule has 0 aliphatic heterocycles. The number of amides is 2. The van der Waals surface area contributed by atoms with Gasteiger partial charge in [0.25, 0.3) is 0 Å². The Labute approximate surface area is 159 Å². The van der Waals surface area contributed by atoms with E-state index in [9.17, 15) is 14.0 Å². The predicted octanol–water partition coefficient (Wildman–Crippen LogP) is 3.93. The van der Waals surface area contributed by atoms with Crippen LogP contribution in [0.3, 0.4) is 0 Å². The Morgan fingerprint density at radius 2 is 1.56 bits per heavy atom. The van der Waals surface area contributed by atoms with Crippen molar-refractivity contribution in [3.8, 4) is 0 Å². The van der Waals surface area contributed by atoms with Gasteiger partial charge < -0.3 is 10.6 Å². The van der Waals surface area contributed by atoms with Gasteiger partial charge in [-0.1, -0.05) is 36.4 Å². The lowest BCUT2D eigenvalue weighted by Crippen LogP contribution is -2.36. The van der Waals surface area contributed by atoms with Gasteiger partial charge in [-0.2, -0.15) is 0 Å². The van der Waals surface area contributed by atoms with Gasteiger partial charge in [0.05, 0.1) is 0 Å². The summed E-state index contributed by atoms with van der Waals surface area (Å²) in [6.45, 7) is 0.628. The van der Waals surface area contributed by atoms with E-state index in [1.54, 1.807) is 12.1 Å². The molecule has 0 heterocycles. The van der Waals surface area contributed by atoms with Crippen molar-refractivity contribution in [3.63, 3.8) is 0 Å². The summed E-state index contributed by atoms with van der Waals surface area (Å²) in [4.78, 5) is 24.7. The van der Waals surface area contributed by atoms with Gasteiger partial charge in [-0.25, -0.2) is 4.39 Å². The molecule has 1 saturated carbocycles. The van der Waals surface area contributed by atoms with E-state index >= 15 is 0 Å². The Kier molecular flexibility index (Phi) is 6.58. The monoisotopic (exact) mass is 368 g/mol. The van der Waals surface area contributed by atoms with Crippen molar-refractivity contribution in [1.82, 2.24) is 5.32 Å². The summed E-state index contributed by atoms with van der Waals surface area (Å²) in [5, 5.41) is 5.78. The van der Waals surface area contributed by atoms with Gasteiger partial charge in [0.15, 0.2) is 0 Å². The molecule has 3 rings (SSSR count). The number of rotatable bonds is 6. The molecule has 142 valence electrons. The molecule has 1 aliphatic rings. The van der Waals surface area contributed by atoms with Crippen molar-refractivity contribution >= 4 is 17.5 Å². The number of hydrogen-bond acceptors (Lipinski definition) is 2. The fourth-order valence-corrected chi connectivity index (χ4v) is 3.55. The van der Waals surface area contributed by atoms with E-state index in [1.165, 1.54) is 17.7 Å². The molecule has 0 saturated heterocycles. The lowest BCUT2D eigenvalue weighted by molar-refractivity contribution is -0.128. The predicted molar refractivity (Wildman–Crippen MR) is 104 cm³/mol. The van der Waals surface area contributed by atoms with Crippen LogP contribution in [0, 0.1) is 17.7 Å². The van der Waals surface area contributed by atoms with E-state index in [-0.39, 0.29) is 29.5 Å². The number of halogens is 1. The molecule has 0 atom stereocenters. The van der Waals surface area contributed by atoms with E-state index in [2.05, 4.69) is 22.8 Å². The van der Waals surface area contributed by atoms with Crippen LogP contribution in [0.1, 0.15) is 31.2 Å². The molecule has 0 radical (unpaired) electrons. The molecule has 0 aromatic heterocycles. The first-order chi connectivity index (χ1) is 13.1. The summed E-state index contributed by atoms with van der Waals surface area (Å²) in [5.41, 5.74) is 1.68. The van der Waals surface area contributed by atoms with Crippen LogP contribution in [0.5, 0.6) is 0 Å². The van der Waals surface area contributed by atoms with Crippen LogP contribution >= 0.6 is 0 Å². The molecule has 1 fully saturated rings. The van der Waals surface area contributed by atoms with E-state index in [0.717, 1.165) is 6.42 Å². The van der Waals surface area contributed by atoms with Gasteiger partial charge in [-0.15, -0.1) is 0 Å². The van der Waals surface area contributed by atoms with E-state index in [4.69, 9.17) is 0 Å². The quantitative estimate of drug-likeness (QED) is 0.812. The van der Waals surface area contributed by atoms with Crippen LogP contribution in [-0.4, -0.2) is 18.4 Å². The van der Waals surface area contributed by atoms with Crippen molar-refractivity contribution in [3.05, 3.63) is 66.0 Å². The van der Waals surface area contributed by atoms with Crippen molar-refractivity contribution in [2.24, 2.45) is 11.8 Å². The fraction of sp³-hybridized carbons (Fsp3) is 0.364. The summed E-state index contributed by atoms with van der Waals surface area (Å²) in [6, 6.07) is 16.0. The van der Waals surface area contributed by atoms with Crippen LogP contribution in [0.15, 0.2) is 54.6 Å². The second kappa shape index (κ2) is 9.31. The average Bonchev–Trinajstić information content (AvgIpc) is 2.69. The second-order valence-corrected chi connectivity index (χ2v) is 7.07. The van der Waals surface area contributed by atoms with Crippen LogP contribution in [0.4, 0.5) is 10.1 Å². The summed E-state index contributed by atoms with van der Waals surface area (Å²) >= 11 is 0. The number of carbonyl (C=O) groups is 2. The minimum Gasteiger partial charge on any atom is -0.356 e. The highest BCUT2D eigenvalue weighted by Crippen LogP contribution is 2.30. The minimum absolute atomic E-state index is 0.0287. The third-order valence-corrected chi connectivity index (χ3v) is 5.12. The lowest BCUT2D eigenvalue weighted by atomic mass is 9.81. The zero-order valence-corrected chi connectivity index (χ0v) is 15.3. The molecule has 2 aromatic rings. The van der Waals surface area contributed by atoms with Crippen LogP contribution < -0.4 is 10.6 Å². The summed E-state index contributed by atoms with van der Waals surface area (Å²) in [7, 11) is 0. The summed E-state index contributed by atoms with van der Waals surface area (Å²) in [5.74, 6) is -0.539. The molecule has 0 bridgehead atoms. The summed E-state index contributed by atoms with van der Waals surface area (Å²) < 4.78 is 13.2. The standard InChI is InChI=1S/C22H25FN2O2/c23-19-7-4-8-20(15-19)25-22(27)18-11-9-17(10-12-18)21(26)24-14-13-16-5-2-1-3-6-16/h1-8,15,17-18H,9-14H2,(H,24,26)(H,25,27). The average molecular weight is 368 g/mol. The molecular formula is C22H25FN2O2. The van der Waals surface area contributed by atoms with E-state index < -0.39 is 0 Å². The number of carbonyl (C=O) groups excluding carboxylic acids is 2. The Bertz CT molecular complexity index is 771. The fourth-order valence-electron chi connectivity index (χ4n) is 3.55. The molecule has 0 unspecified atom stereocenters. The minimum atomic E-state index is -0.372. The van der Waals surface area contributed by atoms with Gasteiger partial charge in [-0.05, 0) is 55.9 Å². The van der Waals surface area contributed by atoms with Gasteiger partial charge in [0, 0.05) is 24.1 Å². The third-order valence-electron chi connectivity index (χ3n) is 5.12. The molecule has 5 heteroatoms. The SMILES string of the molecule is O=C(NCCc1ccccc1)C1CCC(C(=O)Nc2cccc(F)c2)CC1. The molecule has 4 nitrogen and oxygen atoms in total. The largest absolute Gasteiger partial charge is 0.356 e. The topological polar surface area (TPSA) is 58.2 Å². The van der Waals surface area contributed by atoms with Gasteiger partial charge in [-0.3, -0.25) is 9.59 Å². The molecule has 2 amide bonds. The first-order valence-corrected chi connectivity index (χ1v) is 9.50. The van der Waals surface area contributed by atoms with Crippen molar-refractivity contribution in [2.75, 3.05) is 11.9 Å². The van der Waals surface area contributed by atoms with Gasteiger partial charge in [0.2, 0.25) is 11.8 Å². The number of anilines is 1. The smallest absolute Gasteiger partial charge is 0.227 e. The number of benzene rings is 2. The number of hydrogen-bond donors (Lipinski definition) is 2. The maximum absolute atomic E-state index is 13.2. The molecule has 27 heavy (non-hydrogen) atoms. The maximum atomic E-state index is 13.2. The first-order valence-electron chi connectivity index (χ1n) is 9.50. The lowest BCUT2D eigenvalue weighted by Gasteiger charge is -2.27. The Morgan fingerprint density at radius 3 is 2.22 bits per heavy atom.